The third kappa shape index (κ3) is 2.34. The molecule has 2 rings (SSSR count). The van der Waals surface area contributed by atoms with E-state index in [1.165, 1.54) is 32.1 Å². The molecule has 2 saturated carbocycles. The van der Waals surface area contributed by atoms with E-state index in [4.69, 9.17) is 0 Å². The minimum absolute atomic E-state index is 0.210. The highest BCUT2D eigenvalue weighted by atomic mass is 15.0. The van der Waals surface area contributed by atoms with Crippen LogP contribution in [0, 0.1) is 16.7 Å². The fourth-order valence-corrected chi connectivity index (χ4v) is 3.26. The zero-order valence-corrected chi connectivity index (χ0v) is 9.97. The van der Waals surface area contributed by atoms with E-state index in [-0.39, 0.29) is 5.54 Å². The van der Waals surface area contributed by atoms with Gasteiger partial charge in [0.25, 0.3) is 0 Å². The second-order valence-corrected chi connectivity index (χ2v) is 6.16. The van der Waals surface area contributed by atoms with Gasteiger partial charge < -0.3 is 0 Å². The molecule has 0 radical (unpaired) electrons. The van der Waals surface area contributed by atoms with Crippen LogP contribution in [0.1, 0.15) is 58.8 Å². The third-order valence-corrected chi connectivity index (χ3v) is 4.06. The van der Waals surface area contributed by atoms with Crippen LogP contribution in [0.3, 0.4) is 0 Å². The summed E-state index contributed by atoms with van der Waals surface area (Å²) in [7, 11) is 0. The molecule has 2 heteroatoms. The average Bonchev–Trinajstić information content (AvgIpc) is 2.75. The van der Waals surface area contributed by atoms with Gasteiger partial charge in [-0.05, 0) is 37.5 Å². The van der Waals surface area contributed by atoms with Crippen LogP contribution in [0.25, 0.3) is 0 Å². The first kappa shape index (κ1) is 11.0. The molecule has 0 aromatic carbocycles. The molecule has 0 aromatic rings. The maximum atomic E-state index is 9.40. The minimum atomic E-state index is -0.210. The molecule has 0 bridgehead atoms. The van der Waals surface area contributed by atoms with Crippen molar-refractivity contribution < 1.29 is 0 Å². The summed E-state index contributed by atoms with van der Waals surface area (Å²) in [6.07, 6.45) is 8.44. The molecular formula is C13H22N2. The normalized spacial score (nSPS) is 35.5. The quantitative estimate of drug-likeness (QED) is 0.754. The van der Waals surface area contributed by atoms with E-state index in [2.05, 4.69) is 25.2 Å². The van der Waals surface area contributed by atoms with Gasteiger partial charge in [0.1, 0.15) is 5.54 Å². The molecule has 0 spiro atoms. The van der Waals surface area contributed by atoms with Crippen molar-refractivity contribution in [3.05, 3.63) is 0 Å². The number of hydrogen-bond acceptors (Lipinski definition) is 2. The summed E-state index contributed by atoms with van der Waals surface area (Å²) < 4.78 is 0. The number of nitrogens with one attached hydrogen (secondary N) is 1. The number of hydrogen-bond donors (Lipinski definition) is 1. The Morgan fingerprint density at radius 3 is 2.33 bits per heavy atom. The molecule has 0 aromatic heterocycles. The highest BCUT2D eigenvalue weighted by molar-refractivity contribution is 5.14. The van der Waals surface area contributed by atoms with E-state index in [1.54, 1.807) is 0 Å². The lowest BCUT2D eigenvalue weighted by Gasteiger charge is -2.28. The van der Waals surface area contributed by atoms with Gasteiger partial charge >= 0.3 is 0 Å². The van der Waals surface area contributed by atoms with Crippen molar-refractivity contribution in [2.45, 2.75) is 70.4 Å². The molecule has 2 aliphatic carbocycles. The van der Waals surface area contributed by atoms with Crippen molar-refractivity contribution >= 4 is 0 Å². The van der Waals surface area contributed by atoms with Crippen LogP contribution in [-0.4, -0.2) is 11.6 Å². The van der Waals surface area contributed by atoms with E-state index >= 15 is 0 Å². The van der Waals surface area contributed by atoms with Crippen LogP contribution >= 0.6 is 0 Å². The molecule has 1 atom stereocenters. The van der Waals surface area contributed by atoms with E-state index in [9.17, 15) is 5.26 Å². The molecule has 0 heterocycles. The molecule has 1 N–H and O–H groups in total. The van der Waals surface area contributed by atoms with E-state index in [0.29, 0.717) is 11.5 Å². The molecule has 0 saturated heterocycles. The molecule has 2 nitrogen and oxygen atoms in total. The van der Waals surface area contributed by atoms with Gasteiger partial charge in [0, 0.05) is 6.04 Å². The maximum absolute atomic E-state index is 9.40. The lowest BCUT2D eigenvalue weighted by Crippen LogP contribution is -2.47. The molecule has 2 aliphatic rings. The highest BCUT2D eigenvalue weighted by Crippen LogP contribution is 2.44. The Kier molecular flexibility index (Phi) is 2.77. The Hall–Kier alpha value is -0.550. The molecular weight excluding hydrogens is 184 g/mol. The monoisotopic (exact) mass is 206 g/mol. The Morgan fingerprint density at radius 1 is 1.20 bits per heavy atom. The molecule has 0 amide bonds. The first-order valence-corrected chi connectivity index (χ1v) is 6.24. The topological polar surface area (TPSA) is 35.8 Å². The van der Waals surface area contributed by atoms with Gasteiger partial charge in [-0.25, -0.2) is 0 Å². The summed E-state index contributed by atoms with van der Waals surface area (Å²) >= 11 is 0. The second kappa shape index (κ2) is 3.79. The van der Waals surface area contributed by atoms with Gasteiger partial charge in [0.15, 0.2) is 0 Å². The average molecular weight is 206 g/mol. The minimum Gasteiger partial charge on any atom is -0.297 e. The summed E-state index contributed by atoms with van der Waals surface area (Å²) in [5, 5.41) is 13.0. The largest absolute Gasteiger partial charge is 0.297 e. The summed E-state index contributed by atoms with van der Waals surface area (Å²) in [6.45, 7) is 4.56. The van der Waals surface area contributed by atoms with Gasteiger partial charge in [-0.3, -0.25) is 5.32 Å². The zero-order valence-electron chi connectivity index (χ0n) is 9.97. The maximum Gasteiger partial charge on any atom is 0.107 e. The van der Waals surface area contributed by atoms with E-state index < -0.39 is 0 Å². The van der Waals surface area contributed by atoms with Crippen molar-refractivity contribution in [1.82, 2.24) is 5.32 Å². The van der Waals surface area contributed by atoms with Crippen LogP contribution in [0.2, 0.25) is 0 Å². The number of rotatable bonds is 2. The first-order chi connectivity index (χ1) is 7.05. The Labute approximate surface area is 93.0 Å². The molecule has 15 heavy (non-hydrogen) atoms. The summed E-state index contributed by atoms with van der Waals surface area (Å²) in [6, 6.07) is 3.16. The predicted octanol–water partition coefficient (Wildman–Crippen LogP) is 2.99. The zero-order chi connectivity index (χ0) is 10.9. The second-order valence-electron chi connectivity index (χ2n) is 6.16. The van der Waals surface area contributed by atoms with Crippen molar-refractivity contribution in [3.8, 4) is 6.07 Å². The number of nitrogens with zero attached hydrogens (tertiary/aromatic N) is 1. The first-order valence-electron chi connectivity index (χ1n) is 6.24. The van der Waals surface area contributed by atoms with Crippen LogP contribution in [-0.2, 0) is 0 Å². The van der Waals surface area contributed by atoms with Gasteiger partial charge in [-0.1, -0.05) is 26.7 Å². The van der Waals surface area contributed by atoms with Crippen molar-refractivity contribution in [2.75, 3.05) is 0 Å². The van der Waals surface area contributed by atoms with Crippen molar-refractivity contribution in [3.63, 3.8) is 0 Å². The van der Waals surface area contributed by atoms with Gasteiger partial charge in [0.05, 0.1) is 6.07 Å². The molecule has 0 aliphatic heterocycles. The molecule has 84 valence electrons. The van der Waals surface area contributed by atoms with Crippen LogP contribution in [0.15, 0.2) is 0 Å². The van der Waals surface area contributed by atoms with Gasteiger partial charge in [0.2, 0.25) is 0 Å². The fraction of sp³-hybridized carbons (Fsp3) is 0.923. The van der Waals surface area contributed by atoms with Crippen LogP contribution < -0.4 is 5.32 Å². The Bertz CT molecular complexity index is 271. The lowest BCUT2D eigenvalue weighted by atomic mass is 9.88. The summed E-state index contributed by atoms with van der Waals surface area (Å²) in [5.41, 5.74) is 0.139. The van der Waals surface area contributed by atoms with Gasteiger partial charge in [-0.15, -0.1) is 0 Å². The smallest absolute Gasteiger partial charge is 0.107 e. The van der Waals surface area contributed by atoms with Crippen molar-refractivity contribution in [2.24, 2.45) is 5.41 Å². The number of nitriles is 1. The SMILES string of the molecule is CC1(C)CCC(C#N)(NC2CCCC2)C1. The Morgan fingerprint density at radius 2 is 1.87 bits per heavy atom. The van der Waals surface area contributed by atoms with Crippen LogP contribution in [0.5, 0.6) is 0 Å². The molecule has 1 unspecified atom stereocenters. The summed E-state index contributed by atoms with van der Waals surface area (Å²) in [4.78, 5) is 0. The van der Waals surface area contributed by atoms with Crippen LogP contribution in [0.4, 0.5) is 0 Å². The van der Waals surface area contributed by atoms with E-state index in [0.717, 1.165) is 12.8 Å². The lowest BCUT2D eigenvalue weighted by molar-refractivity contribution is 0.310. The Balaban J connectivity index is 2.01. The highest BCUT2D eigenvalue weighted by Gasteiger charge is 2.44. The third-order valence-electron chi connectivity index (χ3n) is 4.06. The predicted molar refractivity (Wildman–Crippen MR) is 61.4 cm³/mol. The van der Waals surface area contributed by atoms with E-state index in [1.807, 2.05) is 0 Å². The van der Waals surface area contributed by atoms with Crippen molar-refractivity contribution in [1.29, 1.82) is 5.26 Å². The standard InChI is InChI=1S/C13H22N2/c1-12(2)7-8-13(9-12,10-14)15-11-5-3-4-6-11/h11,15H,3-9H2,1-2H3. The van der Waals surface area contributed by atoms with Gasteiger partial charge in [-0.2, -0.15) is 5.26 Å². The summed E-state index contributed by atoms with van der Waals surface area (Å²) in [5.74, 6) is 0. The fourth-order valence-electron chi connectivity index (χ4n) is 3.26. The molecule has 2 fully saturated rings.